The molecule has 0 atom stereocenters. The predicted molar refractivity (Wildman–Crippen MR) is 60.5 cm³/mol. The highest BCUT2D eigenvalue weighted by Crippen LogP contribution is 2.08. The highest BCUT2D eigenvalue weighted by atomic mass is 14.3. The normalized spacial score (nSPS) is 10.8. The van der Waals surface area contributed by atoms with Crippen molar-refractivity contribution in [3.8, 4) is 0 Å². The van der Waals surface area contributed by atoms with Gasteiger partial charge in [-0.15, -0.1) is 0 Å². The average molecular weight is 181 g/mol. The minimum Gasteiger partial charge on any atom is -0.309 e. The van der Waals surface area contributed by atoms with Crippen LogP contribution in [-0.2, 0) is 0 Å². The molecule has 0 saturated heterocycles. The summed E-state index contributed by atoms with van der Waals surface area (Å²) < 4.78 is 0. The van der Waals surface area contributed by atoms with Gasteiger partial charge in [0.1, 0.15) is 0 Å². The van der Waals surface area contributed by atoms with Crippen LogP contribution in [0.2, 0.25) is 0 Å². The maximum atomic E-state index is 6.78. The molecule has 0 rings (SSSR count). The second-order valence-electron chi connectivity index (χ2n) is 3.50. The third-order valence-electron chi connectivity index (χ3n) is 2.21. The van der Waals surface area contributed by atoms with Crippen molar-refractivity contribution >= 4 is 6.21 Å². The molecule has 0 radical (unpaired) electrons. The van der Waals surface area contributed by atoms with E-state index in [1.165, 1.54) is 51.2 Å². The van der Waals surface area contributed by atoms with Crippen LogP contribution in [0.3, 0.4) is 0 Å². The van der Waals surface area contributed by atoms with Crippen molar-refractivity contribution in [2.24, 2.45) is 0 Å². The molecule has 1 N–H and O–H groups in total. The standard InChI is InChI=1S/C12H23N/c1-2-3-4-5-6-7-8-9-10-11-12-13/h10-13H,2-9H2,1H3. The summed E-state index contributed by atoms with van der Waals surface area (Å²) in [5.41, 5.74) is 0. The Morgan fingerprint density at radius 2 is 1.54 bits per heavy atom. The van der Waals surface area contributed by atoms with Gasteiger partial charge >= 0.3 is 0 Å². The Kier molecular flexibility index (Phi) is 10.9. The molecule has 0 aliphatic heterocycles. The third-order valence-corrected chi connectivity index (χ3v) is 2.21. The quantitative estimate of drug-likeness (QED) is 0.404. The smallest absolute Gasteiger partial charge is 0.0174 e. The molecule has 0 unspecified atom stereocenters. The molecule has 0 aromatic heterocycles. The highest BCUT2D eigenvalue weighted by Gasteiger charge is 1.88. The Morgan fingerprint density at radius 3 is 2.15 bits per heavy atom. The van der Waals surface area contributed by atoms with Crippen LogP contribution in [0, 0.1) is 5.41 Å². The molecule has 0 aliphatic carbocycles. The van der Waals surface area contributed by atoms with Gasteiger partial charge < -0.3 is 5.41 Å². The van der Waals surface area contributed by atoms with Crippen LogP contribution in [0.5, 0.6) is 0 Å². The number of hydrogen-bond donors (Lipinski definition) is 1. The molecule has 13 heavy (non-hydrogen) atoms. The summed E-state index contributed by atoms with van der Waals surface area (Å²) >= 11 is 0. The molecule has 0 aliphatic rings. The Bertz CT molecular complexity index is 127. The molecule has 0 aromatic rings. The van der Waals surface area contributed by atoms with Crippen LogP contribution in [0.25, 0.3) is 0 Å². The Labute approximate surface area is 82.7 Å². The van der Waals surface area contributed by atoms with Crippen molar-refractivity contribution in [3.63, 3.8) is 0 Å². The van der Waals surface area contributed by atoms with Crippen LogP contribution >= 0.6 is 0 Å². The molecule has 0 aromatic carbocycles. The zero-order chi connectivity index (χ0) is 9.78. The first-order valence-electron chi connectivity index (χ1n) is 5.57. The van der Waals surface area contributed by atoms with Gasteiger partial charge in [-0.3, -0.25) is 0 Å². The van der Waals surface area contributed by atoms with Crippen LogP contribution in [0.1, 0.15) is 58.3 Å². The van der Waals surface area contributed by atoms with E-state index in [0.717, 1.165) is 6.42 Å². The SMILES string of the molecule is CCCCCCCCCC=CC=N. The number of nitrogens with one attached hydrogen (secondary N) is 1. The van der Waals surface area contributed by atoms with Crippen LogP contribution < -0.4 is 0 Å². The number of unbranched alkanes of at least 4 members (excludes halogenated alkanes) is 7. The van der Waals surface area contributed by atoms with Gasteiger partial charge in [0.25, 0.3) is 0 Å². The van der Waals surface area contributed by atoms with Gasteiger partial charge in [0.15, 0.2) is 0 Å². The molecular formula is C12H23N. The number of allylic oxidation sites excluding steroid dienone is 2. The minimum atomic E-state index is 1.14. The summed E-state index contributed by atoms with van der Waals surface area (Å²) in [6, 6.07) is 0. The maximum absolute atomic E-state index is 6.78. The van der Waals surface area contributed by atoms with Crippen LogP contribution in [0.4, 0.5) is 0 Å². The zero-order valence-corrected chi connectivity index (χ0v) is 8.89. The van der Waals surface area contributed by atoms with Crippen molar-refractivity contribution in [1.29, 1.82) is 5.41 Å². The molecule has 0 spiro atoms. The number of rotatable bonds is 9. The molecule has 0 fully saturated rings. The first-order valence-corrected chi connectivity index (χ1v) is 5.57. The fourth-order valence-corrected chi connectivity index (χ4v) is 1.38. The average Bonchev–Trinajstić information content (AvgIpc) is 2.16. The second-order valence-corrected chi connectivity index (χ2v) is 3.50. The summed E-state index contributed by atoms with van der Waals surface area (Å²) in [5, 5.41) is 6.78. The van der Waals surface area contributed by atoms with E-state index in [1.54, 1.807) is 0 Å². The third kappa shape index (κ3) is 11.4. The lowest BCUT2D eigenvalue weighted by Gasteiger charge is -1.98. The molecule has 0 bridgehead atoms. The maximum Gasteiger partial charge on any atom is 0.0174 e. The predicted octanol–water partition coefficient (Wildman–Crippen LogP) is 4.33. The van der Waals surface area contributed by atoms with Gasteiger partial charge in [-0.2, -0.15) is 0 Å². The molecular weight excluding hydrogens is 158 g/mol. The van der Waals surface area contributed by atoms with E-state index < -0.39 is 0 Å². The van der Waals surface area contributed by atoms with E-state index >= 15 is 0 Å². The first-order chi connectivity index (χ1) is 6.41. The molecule has 1 heteroatoms. The Hall–Kier alpha value is -0.590. The lowest BCUT2D eigenvalue weighted by atomic mass is 10.1. The first kappa shape index (κ1) is 12.4. The van der Waals surface area contributed by atoms with Gasteiger partial charge in [-0.05, 0) is 18.9 Å². The summed E-state index contributed by atoms with van der Waals surface area (Å²) in [5.74, 6) is 0. The Morgan fingerprint density at radius 1 is 0.923 bits per heavy atom. The van der Waals surface area contributed by atoms with E-state index in [9.17, 15) is 0 Å². The molecule has 0 saturated carbocycles. The zero-order valence-electron chi connectivity index (χ0n) is 8.89. The monoisotopic (exact) mass is 181 g/mol. The molecule has 0 amide bonds. The van der Waals surface area contributed by atoms with Crippen LogP contribution in [0.15, 0.2) is 12.2 Å². The lowest BCUT2D eigenvalue weighted by molar-refractivity contribution is 0.592. The summed E-state index contributed by atoms with van der Waals surface area (Å²) in [4.78, 5) is 0. The van der Waals surface area contributed by atoms with E-state index in [0.29, 0.717) is 0 Å². The van der Waals surface area contributed by atoms with Crippen molar-refractivity contribution in [1.82, 2.24) is 0 Å². The summed E-state index contributed by atoms with van der Waals surface area (Å²) in [6.45, 7) is 2.25. The summed E-state index contributed by atoms with van der Waals surface area (Å²) in [7, 11) is 0. The number of hydrogen-bond acceptors (Lipinski definition) is 1. The van der Waals surface area contributed by atoms with Gasteiger partial charge in [-0.25, -0.2) is 0 Å². The second kappa shape index (κ2) is 11.4. The van der Waals surface area contributed by atoms with E-state index in [4.69, 9.17) is 5.41 Å². The fourth-order valence-electron chi connectivity index (χ4n) is 1.38. The summed E-state index contributed by atoms with van der Waals surface area (Å²) in [6.07, 6.45) is 16.0. The largest absolute Gasteiger partial charge is 0.309 e. The molecule has 0 heterocycles. The van der Waals surface area contributed by atoms with E-state index in [2.05, 4.69) is 13.0 Å². The van der Waals surface area contributed by atoms with Gasteiger partial charge in [0.05, 0.1) is 0 Å². The minimum absolute atomic E-state index is 1.14. The van der Waals surface area contributed by atoms with Gasteiger partial charge in [0, 0.05) is 6.21 Å². The van der Waals surface area contributed by atoms with Gasteiger partial charge in [0.2, 0.25) is 0 Å². The molecule has 1 nitrogen and oxygen atoms in total. The van der Waals surface area contributed by atoms with E-state index in [-0.39, 0.29) is 0 Å². The van der Waals surface area contributed by atoms with E-state index in [1.807, 2.05) is 6.08 Å². The topological polar surface area (TPSA) is 23.9 Å². The van der Waals surface area contributed by atoms with Gasteiger partial charge in [-0.1, -0.05) is 51.5 Å². The van der Waals surface area contributed by atoms with Crippen LogP contribution in [-0.4, -0.2) is 6.21 Å². The highest BCUT2D eigenvalue weighted by molar-refractivity contribution is 5.67. The lowest BCUT2D eigenvalue weighted by Crippen LogP contribution is -1.78. The van der Waals surface area contributed by atoms with Crippen molar-refractivity contribution in [2.75, 3.05) is 0 Å². The van der Waals surface area contributed by atoms with Crippen molar-refractivity contribution in [2.45, 2.75) is 58.3 Å². The Balaban J connectivity index is 2.91. The van der Waals surface area contributed by atoms with Crippen molar-refractivity contribution in [3.05, 3.63) is 12.2 Å². The fraction of sp³-hybridized carbons (Fsp3) is 0.750. The molecule has 76 valence electrons. The van der Waals surface area contributed by atoms with Crippen molar-refractivity contribution < 1.29 is 0 Å².